The first-order chi connectivity index (χ1) is 7.07. The van der Waals surface area contributed by atoms with Crippen molar-refractivity contribution in [3.63, 3.8) is 0 Å². The van der Waals surface area contributed by atoms with Gasteiger partial charge in [-0.1, -0.05) is 26.3 Å². The molecule has 0 aliphatic carbocycles. The van der Waals surface area contributed by atoms with E-state index in [4.69, 9.17) is 9.84 Å². The van der Waals surface area contributed by atoms with Crippen LogP contribution in [0.3, 0.4) is 0 Å². The van der Waals surface area contributed by atoms with E-state index in [1.165, 1.54) is 0 Å². The van der Waals surface area contributed by atoms with Crippen LogP contribution in [-0.2, 0) is 14.3 Å². The minimum atomic E-state index is -1.02. The number of aliphatic carboxylic acids is 1. The van der Waals surface area contributed by atoms with E-state index in [-0.39, 0.29) is 5.57 Å². The second-order valence-corrected chi connectivity index (χ2v) is 3.78. The molecule has 4 nitrogen and oxygen atoms in total. The Bertz CT molecular complexity index is 282. The van der Waals surface area contributed by atoms with Gasteiger partial charge in [0.15, 0.2) is 0 Å². The van der Waals surface area contributed by atoms with Crippen molar-refractivity contribution in [1.29, 1.82) is 0 Å². The zero-order chi connectivity index (χ0) is 11.4. The van der Waals surface area contributed by atoms with Crippen molar-refractivity contribution >= 4 is 11.9 Å². The average Bonchev–Trinajstić information content (AvgIpc) is 2.43. The second-order valence-electron chi connectivity index (χ2n) is 3.78. The molecule has 0 amide bonds. The van der Waals surface area contributed by atoms with Gasteiger partial charge in [-0.05, 0) is 12.8 Å². The third-order valence-corrected chi connectivity index (χ3v) is 2.63. The number of ether oxygens (including phenoxy) is 1. The number of rotatable bonds is 5. The largest absolute Gasteiger partial charge is 0.481 e. The third-order valence-electron chi connectivity index (χ3n) is 2.63. The molecule has 0 bridgehead atoms. The van der Waals surface area contributed by atoms with E-state index in [0.29, 0.717) is 6.42 Å². The minimum Gasteiger partial charge on any atom is -0.481 e. The number of cyclic esters (lactones) is 1. The van der Waals surface area contributed by atoms with E-state index in [1.54, 1.807) is 0 Å². The predicted molar refractivity (Wildman–Crippen MR) is 54.3 cm³/mol. The molecule has 0 saturated carbocycles. The lowest BCUT2D eigenvalue weighted by molar-refractivity contribution is -0.144. The van der Waals surface area contributed by atoms with Gasteiger partial charge in [0.2, 0.25) is 0 Å². The van der Waals surface area contributed by atoms with Gasteiger partial charge in [-0.15, -0.1) is 0 Å². The van der Waals surface area contributed by atoms with Gasteiger partial charge in [0, 0.05) is 5.57 Å². The van der Waals surface area contributed by atoms with E-state index in [2.05, 4.69) is 13.5 Å². The Labute approximate surface area is 88.9 Å². The van der Waals surface area contributed by atoms with Gasteiger partial charge in [0.1, 0.15) is 12.0 Å². The first kappa shape index (κ1) is 11.8. The van der Waals surface area contributed by atoms with Gasteiger partial charge in [-0.25, -0.2) is 4.79 Å². The summed E-state index contributed by atoms with van der Waals surface area (Å²) in [7, 11) is 0. The molecule has 0 unspecified atom stereocenters. The van der Waals surface area contributed by atoms with Gasteiger partial charge in [-0.2, -0.15) is 0 Å². The molecule has 1 N–H and O–H groups in total. The van der Waals surface area contributed by atoms with Crippen LogP contribution in [0, 0.1) is 5.92 Å². The molecule has 1 aliphatic rings. The molecule has 0 aromatic rings. The summed E-state index contributed by atoms with van der Waals surface area (Å²) in [6, 6.07) is 0. The van der Waals surface area contributed by atoms with Crippen molar-refractivity contribution in [2.75, 3.05) is 0 Å². The summed E-state index contributed by atoms with van der Waals surface area (Å²) in [6.45, 7) is 5.52. The normalized spacial score (nSPS) is 25.4. The van der Waals surface area contributed by atoms with Gasteiger partial charge in [-0.3, -0.25) is 4.79 Å². The molecular formula is C11H16O4. The number of esters is 1. The molecule has 2 atom stereocenters. The SMILES string of the molecule is C=C1C(=O)O[C@H](CCCCC)[C@@H]1C(=O)O. The Kier molecular flexibility index (Phi) is 3.88. The average molecular weight is 212 g/mol. The first-order valence-corrected chi connectivity index (χ1v) is 5.20. The standard InChI is InChI=1S/C11H16O4/c1-3-4-5-6-8-9(10(12)13)7(2)11(14)15-8/h8-9H,2-6H2,1H3,(H,12,13)/t8-,9-/m1/s1. The summed E-state index contributed by atoms with van der Waals surface area (Å²) in [4.78, 5) is 22.1. The highest BCUT2D eigenvalue weighted by molar-refractivity contribution is 5.97. The first-order valence-electron chi connectivity index (χ1n) is 5.20. The summed E-state index contributed by atoms with van der Waals surface area (Å²) in [5.41, 5.74) is 0.0731. The molecule has 1 rings (SSSR count). The molecule has 0 aromatic heterocycles. The van der Waals surface area contributed by atoms with Crippen LogP contribution >= 0.6 is 0 Å². The number of carbonyl (C=O) groups excluding carboxylic acids is 1. The lowest BCUT2D eigenvalue weighted by Crippen LogP contribution is -2.24. The Morgan fingerprint density at radius 1 is 1.53 bits per heavy atom. The maximum absolute atomic E-state index is 11.1. The van der Waals surface area contributed by atoms with Crippen LogP contribution in [0.2, 0.25) is 0 Å². The topological polar surface area (TPSA) is 63.6 Å². The van der Waals surface area contributed by atoms with E-state index in [0.717, 1.165) is 19.3 Å². The van der Waals surface area contributed by atoms with Crippen molar-refractivity contribution in [2.24, 2.45) is 5.92 Å². The number of carboxylic acids is 1. The Hall–Kier alpha value is -1.32. The molecule has 0 spiro atoms. The molecule has 1 saturated heterocycles. The van der Waals surface area contributed by atoms with Crippen molar-refractivity contribution in [3.8, 4) is 0 Å². The number of unbranched alkanes of at least 4 members (excludes halogenated alkanes) is 2. The van der Waals surface area contributed by atoms with Gasteiger partial charge in [0.25, 0.3) is 0 Å². The smallest absolute Gasteiger partial charge is 0.334 e. The van der Waals surface area contributed by atoms with Crippen LogP contribution in [0.25, 0.3) is 0 Å². The molecule has 15 heavy (non-hydrogen) atoms. The van der Waals surface area contributed by atoms with Crippen LogP contribution in [0.1, 0.15) is 32.6 Å². The molecular weight excluding hydrogens is 196 g/mol. The quantitative estimate of drug-likeness (QED) is 0.428. The van der Waals surface area contributed by atoms with Crippen LogP contribution in [-0.4, -0.2) is 23.1 Å². The minimum absolute atomic E-state index is 0.0731. The van der Waals surface area contributed by atoms with E-state index in [9.17, 15) is 9.59 Å². The Morgan fingerprint density at radius 3 is 2.73 bits per heavy atom. The van der Waals surface area contributed by atoms with E-state index in [1.807, 2.05) is 0 Å². The van der Waals surface area contributed by atoms with E-state index >= 15 is 0 Å². The van der Waals surface area contributed by atoms with Crippen LogP contribution < -0.4 is 0 Å². The van der Waals surface area contributed by atoms with Crippen LogP contribution in [0.5, 0.6) is 0 Å². The molecule has 1 fully saturated rings. The van der Waals surface area contributed by atoms with Crippen molar-refractivity contribution in [2.45, 2.75) is 38.7 Å². The highest BCUT2D eigenvalue weighted by atomic mass is 16.6. The van der Waals surface area contributed by atoms with Crippen molar-refractivity contribution in [1.82, 2.24) is 0 Å². The Morgan fingerprint density at radius 2 is 2.20 bits per heavy atom. The predicted octanol–water partition coefficient (Wildman–Crippen LogP) is 1.75. The molecule has 84 valence electrons. The fourth-order valence-electron chi connectivity index (χ4n) is 1.76. The molecule has 0 radical (unpaired) electrons. The molecule has 0 aromatic carbocycles. The maximum Gasteiger partial charge on any atom is 0.334 e. The summed E-state index contributed by atoms with van der Waals surface area (Å²) in [6.07, 6.45) is 3.04. The van der Waals surface area contributed by atoms with Crippen LogP contribution in [0.4, 0.5) is 0 Å². The third kappa shape index (κ3) is 2.58. The van der Waals surface area contributed by atoms with Crippen molar-refractivity contribution in [3.05, 3.63) is 12.2 Å². The van der Waals surface area contributed by atoms with Gasteiger partial charge in [0.05, 0.1) is 0 Å². The zero-order valence-corrected chi connectivity index (χ0v) is 8.86. The van der Waals surface area contributed by atoms with Crippen molar-refractivity contribution < 1.29 is 19.4 Å². The monoisotopic (exact) mass is 212 g/mol. The van der Waals surface area contributed by atoms with Crippen LogP contribution in [0.15, 0.2) is 12.2 Å². The molecule has 1 aliphatic heterocycles. The summed E-state index contributed by atoms with van der Waals surface area (Å²) in [5, 5.41) is 8.94. The van der Waals surface area contributed by atoms with E-state index < -0.39 is 24.0 Å². The number of carbonyl (C=O) groups is 2. The summed E-state index contributed by atoms with van der Waals surface area (Å²) < 4.78 is 4.97. The highest BCUT2D eigenvalue weighted by Crippen LogP contribution is 2.30. The second kappa shape index (κ2) is 4.96. The van der Waals surface area contributed by atoms with Gasteiger partial charge < -0.3 is 9.84 Å². The molecule has 1 heterocycles. The fraction of sp³-hybridized carbons (Fsp3) is 0.636. The van der Waals surface area contributed by atoms with Gasteiger partial charge >= 0.3 is 11.9 Å². The number of hydrogen-bond acceptors (Lipinski definition) is 3. The fourth-order valence-corrected chi connectivity index (χ4v) is 1.76. The zero-order valence-electron chi connectivity index (χ0n) is 8.86. The lowest BCUT2D eigenvalue weighted by atomic mass is 9.94. The molecule has 4 heteroatoms. The maximum atomic E-state index is 11.1. The Balaban J connectivity index is 2.59. The summed E-state index contributed by atoms with van der Waals surface area (Å²) >= 11 is 0. The highest BCUT2D eigenvalue weighted by Gasteiger charge is 2.42. The number of carboxylic acid groups (broad SMARTS) is 1. The number of hydrogen-bond donors (Lipinski definition) is 1. The lowest BCUT2D eigenvalue weighted by Gasteiger charge is -2.13. The summed E-state index contributed by atoms with van der Waals surface area (Å²) in [5.74, 6) is -2.44.